The van der Waals surface area contributed by atoms with E-state index in [1.54, 1.807) is 31.2 Å². The summed E-state index contributed by atoms with van der Waals surface area (Å²) in [5, 5.41) is 0. The molecule has 112 valence electrons. The van der Waals surface area contributed by atoms with E-state index in [0.717, 1.165) is 5.56 Å². The van der Waals surface area contributed by atoms with Crippen molar-refractivity contribution in [3.8, 4) is 0 Å². The van der Waals surface area contributed by atoms with Gasteiger partial charge in [0.15, 0.2) is 17.5 Å². The van der Waals surface area contributed by atoms with Crippen molar-refractivity contribution in [3.05, 3.63) is 71.8 Å². The third-order valence-electron chi connectivity index (χ3n) is 3.72. The Labute approximate surface area is 128 Å². The molecule has 22 heavy (non-hydrogen) atoms. The summed E-state index contributed by atoms with van der Waals surface area (Å²) < 4.78 is 10.6. The van der Waals surface area contributed by atoms with Crippen LogP contribution in [0.2, 0.25) is 0 Å². The fraction of sp³-hybridized carbons (Fsp3) is 0.222. The molecule has 0 amide bonds. The van der Waals surface area contributed by atoms with Gasteiger partial charge < -0.3 is 9.47 Å². The number of hydrogen-bond acceptors (Lipinski definition) is 4. The zero-order chi connectivity index (χ0) is 15.6. The quantitative estimate of drug-likeness (QED) is 0.483. The Morgan fingerprint density at radius 1 is 1.05 bits per heavy atom. The first-order chi connectivity index (χ1) is 10.6. The molecular weight excluding hydrogens is 280 g/mol. The van der Waals surface area contributed by atoms with Crippen LogP contribution >= 0.6 is 0 Å². The molecule has 0 spiro atoms. The number of carbonyl (C=O) groups excluding carboxylic acids is 2. The van der Waals surface area contributed by atoms with Crippen LogP contribution in [-0.4, -0.2) is 23.5 Å². The van der Waals surface area contributed by atoms with E-state index >= 15 is 0 Å². The molecule has 3 rings (SSSR count). The predicted octanol–water partition coefficient (Wildman–Crippen LogP) is 2.77. The second-order valence-corrected chi connectivity index (χ2v) is 5.40. The summed E-state index contributed by atoms with van der Waals surface area (Å²) in [7, 11) is 0. The summed E-state index contributed by atoms with van der Waals surface area (Å²) in [6.07, 6.45) is -0.766. The number of ketones is 1. The van der Waals surface area contributed by atoms with Gasteiger partial charge in [0.05, 0.1) is 0 Å². The lowest BCUT2D eigenvalue weighted by Gasteiger charge is -2.08. The predicted molar refractivity (Wildman–Crippen MR) is 80.3 cm³/mol. The molecule has 2 aromatic carbocycles. The highest BCUT2D eigenvalue weighted by Gasteiger charge is 2.63. The number of Topliss-reactive ketones (excluding diaryl/α,β-unsaturated/α-hetero) is 1. The highest BCUT2D eigenvalue weighted by molar-refractivity contribution is 6.06. The van der Waals surface area contributed by atoms with Crippen molar-refractivity contribution in [1.29, 1.82) is 0 Å². The van der Waals surface area contributed by atoms with Crippen molar-refractivity contribution >= 4 is 11.8 Å². The number of epoxide rings is 1. The van der Waals surface area contributed by atoms with E-state index in [9.17, 15) is 9.59 Å². The van der Waals surface area contributed by atoms with Crippen LogP contribution in [0.25, 0.3) is 0 Å². The molecule has 1 aliphatic rings. The first kappa shape index (κ1) is 14.5. The summed E-state index contributed by atoms with van der Waals surface area (Å²) >= 11 is 0. The normalized spacial score (nSPS) is 22.9. The molecular formula is C18H16O4. The molecule has 1 saturated heterocycles. The number of benzene rings is 2. The molecule has 2 aromatic rings. The molecule has 0 radical (unpaired) electrons. The molecule has 0 unspecified atom stereocenters. The van der Waals surface area contributed by atoms with Gasteiger partial charge in [0.1, 0.15) is 6.61 Å². The van der Waals surface area contributed by atoms with Crippen LogP contribution in [0.5, 0.6) is 0 Å². The summed E-state index contributed by atoms with van der Waals surface area (Å²) in [6.45, 7) is 1.76. The van der Waals surface area contributed by atoms with Crippen LogP contribution in [-0.2, 0) is 20.9 Å². The van der Waals surface area contributed by atoms with Crippen LogP contribution in [0.1, 0.15) is 22.8 Å². The summed E-state index contributed by atoms with van der Waals surface area (Å²) in [4.78, 5) is 24.4. The summed E-state index contributed by atoms with van der Waals surface area (Å²) in [5.74, 6) is -0.703. The van der Waals surface area contributed by atoms with E-state index in [1.807, 2.05) is 36.4 Å². The zero-order valence-corrected chi connectivity index (χ0v) is 12.2. The lowest BCUT2D eigenvalue weighted by atomic mass is 10.00. The van der Waals surface area contributed by atoms with E-state index in [4.69, 9.17) is 9.47 Å². The van der Waals surface area contributed by atoms with Gasteiger partial charge >= 0.3 is 5.97 Å². The van der Waals surface area contributed by atoms with Gasteiger partial charge in [0, 0.05) is 5.56 Å². The van der Waals surface area contributed by atoms with Crippen molar-refractivity contribution < 1.29 is 19.1 Å². The molecule has 4 heteroatoms. The number of carbonyl (C=O) groups is 2. The minimum Gasteiger partial charge on any atom is -0.459 e. The Kier molecular flexibility index (Phi) is 3.77. The van der Waals surface area contributed by atoms with Gasteiger partial charge in [0.25, 0.3) is 0 Å². The molecule has 0 N–H and O–H groups in total. The monoisotopic (exact) mass is 296 g/mol. The van der Waals surface area contributed by atoms with Gasteiger partial charge in [-0.2, -0.15) is 0 Å². The summed E-state index contributed by atoms with van der Waals surface area (Å²) in [5.41, 5.74) is 0.250. The maximum atomic E-state index is 12.3. The van der Waals surface area contributed by atoms with E-state index in [2.05, 4.69) is 0 Å². The standard InChI is InChI=1S/C18H16O4/c1-18(17(20)21-12-13-8-4-2-5-9-13)16(22-18)15(19)14-10-6-3-7-11-14/h2-11,16H,12H2,1H3/t16-,18-/m1/s1. The van der Waals surface area contributed by atoms with E-state index in [0.29, 0.717) is 5.56 Å². The minimum atomic E-state index is -1.18. The van der Waals surface area contributed by atoms with Crippen molar-refractivity contribution in [2.24, 2.45) is 0 Å². The van der Waals surface area contributed by atoms with Crippen molar-refractivity contribution in [2.45, 2.75) is 25.2 Å². The van der Waals surface area contributed by atoms with Gasteiger partial charge in [-0.15, -0.1) is 0 Å². The lowest BCUT2D eigenvalue weighted by molar-refractivity contribution is -0.150. The molecule has 0 aliphatic carbocycles. The number of hydrogen-bond donors (Lipinski definition) is 0. The Balaban J connectivity index is 1.61. The highest BCUT2D eigenvalue weighted by atomic mass is 16.7. The fourth-order valence-corrected chi connectivity index (χ4v) is 2.29. The van der Waals surface area contributed by atoms with E-state index < -0.39 is 17.7 Å². The molecule has 0 aromatic heterocycles. The van der Waals surface area contributed by atoms with Gasteiger partial charge in [-0.25, -0.2) is 4.79 Å². The van der Waals surface area contributed by atoms with Crippen LogP contribution in [0.4, 0.5) is 0 Å². The van der Waals surface area contributed by atoms with Crippen molar-refractivity contribution in [3.63, 3.8) is 0 Å². The van der Waals surface area contributed by atoms with Crippen LogP contribution in [0.3, 0.4) is 0 Å². The van der Waals surface area contributed by atoms with Gasteiger partial charge in [-0.05, 0) is 12.5 Å². The highest BCUT2D eigenvalue weighted by Crippen LogP contribution is 2.39. The first-order valence-corrected chi connectivity index (χ1v) is 7.09. The van der Waals surface area contributed by atoms with Crippen LogP contribution < -0.4 is 0 Å². The lowest BCUT2D eigenvalue weighted by Crippen LogP contribution is -2.29. The number of esters is 1. The van der Waals surface area contributed by atoms with E-state index in [-0.39, 0.29) is 12.4 Å². The Bertz CT molecular complexity index is 681. The Morgan fingerprint density at radius 3 is 2.27 bits per heavy atom. The van der Waals surface area contributed by atoms with Crippen LogP contribution in [0.15, 0.2) is 60.7 Å². The number of ether oxygens (including phenoxy) is 2. The topological polar surface area (TPSA) is 55.9 Å². The maximum Gasteiger partial charge on any atom is 0.341 e. The molecule has 4 nitrogen and oxygen atoms in total. The molecule has 1 heterocycles. The average Bonchev–Trinajstić information content (AvgIpc) is 3.27. The van der Waals surface area contributed by atoms with E-state index in [1.165, 1.54) is 0 Å². The molecule has 2 atom stereocenters. The smallest absolute Gasteiger partial charge is 0.341 e. The largest absolute Gasteiger partial charge is 0.459 e. The molecule has 0 bridgehead atoms. The van der Waals surface area contributed by atoms with Gasteiger partial charge in [-0.3, -0.25) is 4.79 Å². The summed E-state index contributed by atoms with van der Waals surface area (Å²) in [6, 6.07) is 18.2. The molecule has 0 saturated carbocycles. The minimum absolute atomic E-state index is 0.171. The van der Waals surface area contributed by atoms with Crippen molar-refractivity contribution in [1.82, 2.24) is 0 Å². The third-order valence-corrected chi connectivity index (χ3v) is 3.72. The second-order valence-electron chi connectivity index (χ2n) is 5.40. The molecule has 1 aliphatic heterocycles. The fourth-order valence-electron chi connectivity index (χ4n) is 2.29. The third kappa shape index (κ3) is 2.78. The van der Waals surface area contributed by atoms with Crippen molar-refractivity contribution in [2.75, 3.05) is 0 Å². The SMILES string of the molecule is C[C@@]1(C(=O)OCc2ccccc2)O[C@@H]1C(=O)c1ccccc1. The molecule has 1 fully saturated rings. The van der Waals surface area contributed by atoms with Crippen LogP contribution in [0, 0.1) is 0 Å². The van der Waals surface area contributed by atoms with Gasteiger partial charge in [0.2, 0.25) is 0 Å². The van der Waals surface area contributed by atoms with Gasteiger partial charge in [-0.1, -0.05) is 60.7 Å². The average molecular weight is 296 g/mol. The number of rotatable bonds is 5. The Hall–Kier alpha value is -2.46. The maximum absolute atomic E-state index is 12.3. The second kappa shape index (κ2) is 5.73. The zero-order valence-electron chi connectivity index (χ0n) is 12.2. The Morgan fingerprint density at radius 2 is 1.64 bits per heavy atom. The first-order valence-electron chi connectivity index (χ1n) is 7.09.